The summed E-state index contributed by atoms with van der Waals surface area (Å²) in [6.45, 7) is 5.07. The highest BCUT2D eigenvalue weighted by Gasteiger charge is 2.14. The van der Waals surface area contributed by atoms with Crippen LogP contribution in [0.4, 0.5) is 4.39 Å². The highest BCUT2D eigenvalue weighted by atomic mass is 19.1. The standard InChI is InChI=1S/C14H19FN4/c1-18-13-4-3-11(15)9-12(13)17-14(18)10-19-7-2-5-16-6-8-19/h3-4,9,16H,2,5-8,10H2,1H3. The lowest BCUT2D eigenvalue weighted by Gasteiger charge is -2.18. The number of nitrogens with zero attached hydrogens (tertiary/aromatic N) is 3. The SMILES string of the molecule is Cn1c(CN2CCCNCC2)nc2cc(F)ccc21. The van der Waals surface area contributed by atoms with Crippen molar-refractivity contribution in [3.05, 3.63) is 29.8 Å². The van der Waals surface area contributed by atoms with Gasteiger partial charge in [-0.2, -0.15) is 0 Å². The molecule has 1 aliphatic rings. The number of nitrogens with one attached hydrogen (secondary N) is 1. The maximum atomic E-state index is 13.2. The first-order chi connectivity index (χ1) is 9.24. The van der Waals surface area contributed by atoms with Crippen LogP contribution >= 0.6 is 0 Å². The van der Waals surface area contributed by atoms with Crippen molar-refractivity contribution in [1.29, 1.82) is 0 Å². The molecular weight excluding hydrogens is 243 g/mol. The quantitative estimate of drug-likeness (QED) is 0.890. The molecule has 0 bridgehead atoms. The van der Waals surface area contributed by atoms with Crippen molar-refractivity contribution >= 4 is 11.0 Å². The van der Waals surface area contributed by atoms with Crippen LogP contribution in [-0.4, -0.2) is 40.6 Å². The Labute approximate surface area is 112 Å². The van der Waals surface area contributed by atoms with Crippen molar-refractivity contribution in [2.75, 3.05) is 26.2 Å². The Kier molecular flexibility index (Phi) is 3.48. The number of aromatic nitrogens is 2. The van der Waals surface area contributed by atoms with Crippen LogP contribution in [0.25, 0.3) is 11.0 Å². The fourth-order valence-corrected chi connectivity index (χ4v) is 2.62. The van der Waals surface area contributed by atoms with Crippen LogP contribution in [0.3, 0.4) is 0 Å². The van der Waals surface area contributed by atoms with Crippen molar-refractivity contribution in [2.24, 2.45) is 7.05 Å². The third kappa shape index (κ3) is 2.62. The van der Waals surface area contributed by atoms with E-state index < -0.39 is 0 Å². The fraction of sp³-hybridized carbons (Fsp3) is 0.500. The molecule has 2 aromatic rings. The number of rotatable bonds is 2. The molecule has 0 radical (unpaired) electrons. The Morgan fingerprint density at radius 2 is 2.21 bits per heavy atom. The minimum Gasteiger partial charge on any atom is -0.330 e. The maximum Gasteiger partial charge on any atom is 0.125 e. The van der Waals surface area contributed by atoms with E-state index in [1.165, 1.54) is 18.6 Å². The van der Waals surface area contributed by atoms with Crippen LogP contribution in [0, 0.1) is 5.82 Å². The molecule has 0 amide bonds. The molecule has 0 saturated carbocycles. The van der Waals surface area contributed by atoms with E-state index in [-0.39, 0.29) is 5.82 Å². The van der Waals surface area contributed by atoms with Gasteiger partial charge in [-0.1, -0.05) is 0 Å². The zero-order chi connectivity index (χ0) is 13.2. The maximum absolute atomic E-state index is 13.2. The van der Waals surface area contributed by atoms with Gasteiger partial charge in [0.2, 0.25) is 0 Å². The number of hydrogen-bond donors (Lipinski definition) is 1. The molecule has 1 aliphatic heterocycles. The van der Waals surface area contributed by atoms with E-state index >= 15 is 0 Å². The number of hydrogen-bond acceptors (Lipinski definition) is 3. The van der Waals surface area contributed by atoms with Crippen molar-refractivity contribution in [3.63, 3.8) is 0 Å². The number of imidazole rings is 1. The Morgan fingerprint density at radius 3 is 3.11 bits per heavy atom. The van der Waals surface area contributed by atoms with Gasteiger partial charge < -0.3 is 9.88 Å². The predicted octanol–water partition coefficient (Wildman–Crippen LogP) is 1.51. The van der Waals surface area contributed by atoms with Gasteiger partial charge in [0.05, 0.1) is 17.6 Å². The van der Waals surface area contributed by atoms with E-state index in [0.717, 1.165) is 49.6 Å². The monoisotopic (exact) mass is 262 g/mol. The van der Waals surface area contributed by atoms with Crippen LogP contribution in [0.2, 0.25) is 0 Å². The predicted molar refractivity (Wildman–Crippen MR) is 73.4 cm³/mol. The highest BCUT2D eigenvalue weighted by Crippen LogP contribution is 2.17. The Balaban J connectivity index is 1.85. The molecule has 1 aromatic heterocycles. The second-order valence-electron chi connectivity index (χ2n) is 5.10. The number of aryl methyl sites for hydroxylation is 1. The second kappa shape index (κ2) is 5.27. The van der Waals surface area contributed by atoms with E-state index in [1.54, 1.807) is 6.07 Å². The second-order valence-corrected chi connectivity index (χ2v) is 5.10. The summed E-state index contributed by atoms with van der Waals surface area (Å²) in [5.74, 6) is 0.777. The topological polar surface area (TPSA) is 33.1 Å². The smallest absolute Gasteiger partial charge is 0.125 e. The van der Waals surface area contributed by atoms with Crippen LogP contribution in [-0.2, 0) is 13.6 Å². The molecule has 5 heteroatoms. The van der Waals surface area contributed by atoms with Gasteiger partial charge in [-0.3, -0.25) is 4.90 Å². The van der Waals surface area contributed by atoms with Crippen LogP contribution in [0.15, 0.2) is 18.2 Å². The number of fused-ring (bicyclic) bond motifs is 1. The summed E-state index contributed by atoms with van der Waals surface area (Å²) in [5, 5.41) is 3.39. The van der Waals surface area contributed by atoms with Crippen molar-refractivity contribution in [3.8, 4) is 0 Å². The first-order valence-electron chi connectivity index (χ1n) is 6.78. The number of halogens is 1. The number of benzene rings is 1. The molecule has 4 nitrogen and oxygen atoms in total. The lowest BCUT2D eigenvalue weighted by molar-refractivity contribution is 0.275. The van der Waals surface area contributed by atoms with Crippen LogP contribution in [0.5, 0.6) is 0 Å². The van der Waals surface area contributed by atoms with Gasteiger partial charge in [0.15, 0.2) is 0 Å². The largest absolute Gasteiger partial charge is 0.330 e. The summed E-state index contributed by atoms with van der Waals surface area (Å²) in [4.78, 5) is 6.96. The lowest BCUT2D eigenvalue weighted by atomic mass is 10.3. The van der Waals surface area contributed by atoms with Gasteiger partial charge in [0.25, 0.3) is 0 Å². The summed E-state index contributed by atoms with van der Waals surface area (Å²) in [6, 6.07) is 4.79. The molecule has 0 spiro atoms. The molecule has 3 rings (SSSR count). The first kappa shape index (κ1) is 12.6. The third-order valence-electron chi connectivity index (χ3n) is 3.73. The normalized spacial score (nSPS) is 17.8. The average Bonchev–Trinajstić information content (AvgIpc) is 2.58. The van der Waals surface area contributed by atoms with Crippen LogP contribution < -0.4 is 5.32 Å². The summed E-state index contributed by atoms with van der Waals surface area (Å²) >= 11 is 0. The molecule has 1 saturated heterocycles. The molecule has 0 atom stereocenters. The third-order valence-corrected chi connectivity index (χ3v) is 3.73. The first-order valence-corrected chi connectivity index (χ1v) is 6.78. The van der Waals surface area contributed by atoms with Crippen LogP contribution in [0.1, 0.15) is 12.2 Å². The summed E-state index contributed by atoms with van der Waals surface area (Å²) < 4.78 is 15.3. The Hall–Kier alpha value is -1.46. The van der Waals surface area contributed by atoms with E-state index in [9.17, 15) is 4.39 Å². The summed E-state index contributed by atoms with van der Waals surface area (Å²) in [7, 11) is 2.00. The highest BCUT2D eigenvalue weighted by molar-refractivity contribution is 5.75. The minimum atomic E-state index is -0.226. The Bertz CT molecular complexity index is 570. The molecule has 1 N–H and O–H groups in total. The van der Waals surface area contributed by atoms with Gasteiger partial charge in [-0.25, -0.2) is 9.37 Å². The molecule has 0 unspecified atom stereocenters. The van der Waals surface area contributed by atoms with Crippen molar-refractivity contribution in [2.45, 2.75) is 13.0 Å². The van der Waals surface area contributed by atoms with E-state index in [1.807, 2.05) is 7.05 Å². The summed E-state index contributed by atoms with van der Waals surface area (Å²) in [6.07, 6.45) is 1.17. The lowest BCUT2D eigenvalue weighted by Crippen LogP contribution is -2.28. The van der Waals surface area contributed by atoms with E-state index in [4.69, 9.17) is 0 Å². The van der Waals surface area contributed by atoms with Crippen molar-refractivity contribution in [1.82, 2.24) is 19.8 Å². The molecule has 102 valence electrons. The summed E-state index contributed by atoms with van der Waals surface area (Å²) in [5.41, 5.74) is 1.73. The van der Waals surface area contributed by atoms with Crippen molar-refractivity contribution < 1.29 is 4.39 Å². The molecule has 19 heavy (non-hydrogen) atoms. The Morgan fingerprint density at radius 1 is 1.32 bits per heavy atom. The van der Waals surface area contributed by atoms with E-state index in [0.29, 0.717) is 0 Å². The van der Waals surface area contributed by atoms with Gasteiger partial charge in [-0.15, -0.1) is 0 Å². The minimum absolute atomic E-state index is 0.226. The average molecular weight is 262 g/mol. The zero-order valence-electron chi connectivity index (χ0n) is 11.2. The van der Waals surface area contributed by atoms with Gasteiger partial charge >= 0.3 is 0 Å². The van der Waals surface area contributed by atoms with Gasteiger partial charge in [0.1, 0.15) is 11.6 Å². The molecule has 1 fully saturated rings. The molecule has 1 aromatic carbocycles. The fourth-order valence-electron chi connectivity index (χ4n) is 2.62. The molecule has 0 aliphatic carbocycles. The van der Waals surface area contributed by atoms with Gasteiger partial charge in [0, 0.05) is 26.2 Å². The van der Waals surface area contributed by atoms with Gasteiger partial charge in [-0.05, 0) is 31.6 Å². The zero-order valence-corrected chi connectivity index (χ0v) is 11.2. The molecule has 2 heterocycles. The van der Waals surface area contributed by atoms with E-state index in [2.05, 4.69) is 19.8 Å². The molecular formula is C14H19FN4.